The second kappa shape index (κ2) is 5.85. The zero-order valence-electron chi connectivity index (χ0n) is 10.8. The van der Waals surface area contributed by atoms with Crippen molar-refractivity contribution < 1.29 is 4.79 Å². The summed E-state index contributed by atoms with van der Waals surface area (Å²) < 4.78 is 0.934. The Morgan fingerprint density at radius 1 is 1.50 bits per heavy atom. The topological polar surface area (TPSA) is 41.1 Å². The van der Waals surface area contributed by atoms with Crippen LogP contribution in [0.1, 0.15) is 25.3 Å². The molecule has 0 aliphatic carbocycles. The number of hydrogen-bond acceptors (Lipinski definition) is 2. The molecule has 1 aromatic carbocycles. The van der Waals surface area contributed by atoms with E-state index >= 15 is 0 Å². The van der Waals surface area contributed by atoms with Gasteiger partial charge in [0.2, 0.25) is 5.91 Å². The van der Waals surface area contributed by atoms with Gasteiger partial charge in [0, 0.05) is 16.4 Å². The van der Waals surface area contributed by atoms with Crippen molar-refractivity contribution in [2.24, 2.45) is 5.92 Å². The first-order valence-corrected chi connectivity index (χ1v) is 7.16. The number of amides is 1. The van der Waals surface area contributed by atoms with Crippen molar-refractivity contribution in [1.82, 2.24) is 5.32 Å². The second-order valence-electron chi connectivity index (χ2n) is 5.05. The number of carbonyl (C=O) groups excluding carboxylic acids is 1. The van der Waals surface area contributed by atoms with Crippen LogP contribution in [0.25, 0.3) is 0 Å². The van der Waals surface area contributed by atoms with Crippen molar-refractivity contribution in [2.45, 2.75) is 32.7 Å². The minimum absolute atomic E-state index is 0.119. The summed E-state index contributed by atoms with van der Waals surface area (Å²) in [5, 5.41) is 6.39. The third kappa shape index (κ3) is 3.33. The molecule has 0 spiro atoms. The fraction of sp³-hybridized carbons (Fsp3) is 0.500. The first kappa shape index (κ1) is 13.6. The van der Waals surface area contributed by atoms with Gasteiger partial charge in [-0.15, -0.1) is 0 Å². The lowest BCUT2D eigenvalue weighted by Crippen LogP contribution is -2.40. The molecule has 1 saturated heterocycles. The number of hydrogen-bond donors (Lipinski definition) is 2. The van der Waals surface area contributed by atoms with Crippen molar-refractivity contribution in [3.8, 4) is 0 Å². The monoisotopic (exact) mass is 310 g/mol. The van der Waals surface area contributed by atoms with Crippen LogP contribution in [0.3, 0.4) is 0 Å². The van der Waals surface area contributed by atoms with E-state index in [4.69, 9.17) is 0 Å². The Bertz CT molecular complexity index is 447. The Hall–Kier alpha value is -0.870. The summed E-state index contributed by atoms with van der Waals surface area (Å²) in [5.74, 6) is 0.253. The quantitative estimate of drug-likeness (QED) is 0.881. The fourth-order valence-corrected chi connectivity index (χ4v) is 2.69. The van der Waals surface area contributed by atoms with E-state index in [1.165, 1.54) is 0 Å². The summed E-state index contributed by atoms with van der Waals surface area (Å²) in [7, 11) is 0. The van der Waals surface area contributed by atoms with Crippen LogP contribution < -0.4 is 10.6 Å². The van der Waals surface area contributed by atoms with E-state index < -0.39 is 0 Å². The Morgan fingerprint density at radius 2 is 2.28 bits per heavy atom. The maximum atomic E-state index is 12.2. The van der Waals surface area contributed by atoms with Crippen molar-refractivity contribution in [3.63, 3.8) is 0 Å². The van der Waals surface area contributed by atoms with E-state index in [0.717, 1.165) is 35.1 Å². The van der Waals surface area contributed by atoms with Crippen LogP contribution >= 0.6 is 15.9 Å². The van der Waals surface area contributed by atoms with Crippen molar-refractivity contribution in [3.05, 3.63) is 28.2 Å². The summed E-state index contributed by atoms with van der Waals surface area (Å²) in [4.78, 5) is 12.2. The number of nitrogens with one attached hydrogen (secondary N) is 2. The van der Waals surface area contributed by atoms with Crippen LogP contribution in [0.4, 0.5) is 5.69 Å². The molecular formula is C14H19BrN2O. The molecule has 1 aliphatic rings. The van der Waals surface area contributed by atoms with Gasteiger partial charge in [-0.25, -0.2) is 0 Å². The maximum absolute atomic E-state index is 12.2. The third-order valence-electron chi connectivity index (χ3n) is 3.37. The lowest BCUT2D eigenvalue weighted by molar-refractivity contribution is -0.120. The largest absolute Gasteiger partial charge is 0.325 e. The fourth-order valence-electron chi connectivity index (χ4n) is 2.34. The molecule has 98 valence electrons. The molecule has 1 aromatic rings. The molecule has 0 bridgehead atoms. The molecule has 0 radical (unpaired) electrons. The number of rotatable bonds is 2. The summed E-state index contributed by atoms with van der Waals surface area (Å²) in [5.41, 5.74) is 2.01. The van der Waals surface area contributed by atoms with Gasteiger partial charge in [0.1, 0.15) is 0 Å². The average Bonchev–Trinajstić information content (AvgIpc) is 2.34. The maximum Gasteiger partial charge on any atom is 0.227 e. The normalized spacial score (nSPS) is 23.7. The van der Waals surface area contributed by atoms with Gasteiger partial charge in [-0.1, -0.05) is 6.07 Å². The van der Waals surface area contributed by atoms with Crippen LogP contribution in [0.2, 0.25) is 0 Å². The smallest absolute Gasteiger partial charge is 0.227 e. The Balaban J connectivity index is 2.04. The molecule has 0 aromatic heterocycles. The molecule has 1 fully saturated rings. The van der Waals surface area contributed by atoms with Crippen molar-refractivity contribution >= 4 is 27.5 Å². The van der Waals surface area contributed by atoms with Gasteiger partial charge in [-0.05, 0) is 66.9 Å². The minimum Gasteiger partial charge on any atom is -0.325 e. The van der Waals surface area contributed by atoms with Crippen LogP contribution in [-0.4, -0.2) is 18.5 Å². The molecule has 3 nitrogen and oxygen atoms in total. The van der Waals surface area contributed by atoms with Crippen molar-refractivity contribution in [2.75, 3.05) is 11.9 Å². The predicted octanol–water partition coefficient (Wildman–Crippen LogP) is 3.08. The van der Waals surface area contributed by atoms with E-state index in [1.807, 2.05) is 25.1 Å². The predicted molar refractivity (Wildman–Crippen MR) is 77.7 cm³/mol. The molecule has 18 heavy (non-hydrogen) atoms. The van der Waals surface area contributed by atoms with E-state index in [1.54, 1.807) is 0 Å². The van der Waals surface area contributed by atoms with E-state index in [-0.39, 0.29) is 11.8 Å². The van der Waals surface area contributed by atoms with Gasteiger partial charge >= 0.3 is 0 Å². The summed E-state index contributed by atoms with van der Waals surface area (Å²) in [6.07, 6.45) is 1.83. The summed E-state index contributed by atoms with van der Waals surface area (Å²) >= 11 is 3.47. The van der Waals surface area contributed by atoms with Gasteiger partial charge in [0.05, 0.1) is 5.69 Å². The molecule has 2 atom stereocenters. The number of anilines is 1. The highest BCUT2D eigenvalue weighted by molar-refractivity contribution is 9.10. The van der Waals surface area contributed by atoms with Gasteiger partial charge < -0.3 is 10.6 Å². The number of aryl methyl sites for hydroxylation is 1. The summed E-state index contributed by atoms with van der Waals surface area (Å²) in [6.45, 7) is 5.07. The zero-order valence-corrected chi connectivity index (χ0v) is 12.4. The first-order chi connectivity index (χ1) is 8.56. The standard InChI is InChI=1S/C14H19BrN2O/c1-9-3-4-12(15)13(7-9)17-14(18)11-5-6-16-10(2)8-11/h3-4,7,10-11,16H,5-6,8H2,1-2H3,(H,17,18). The van der Waals surface area contributed by atoms with Gasteiger partial charge in [-0.3, -0.25) is 4.79 Å². The van der Waals surface area contributed by atoms with Crippen LogP contribution in [0, 0.1) is 12.8 Å². The van der Waals surface area contributed by atoms with E-state index in [0.29, 0.717) is 6.04 Å². The molecule has 1 amide bonds. The highest BCUT2D eigenvalue weighted by Gasteiger charge is 2.24. The lowest BCUT2D eigenvalue weighted by Gasteiger charge is -2.27. The second-order valence-corrected chi connectivity index (χ2v) is 5.90. The molecule has 2 rings (SSSR count). The highest BCUT2D eigenvalue weighted by Crippen LogP contribution is 2.25. The molecule has 1 heterocycles. The Kier molecular flexibility index (Phi) is 4.40. The van der Waals surface area contributed by atoms with Gasteiger partial charge in [0.25, 0.3) is 0 Å². The molecule has 0 saturated carbocycles. The molecular weight excluding hydrogens is 292 g/mol. The van der Waals surface area contributed by atoms with Crippen LogP contribution in [-0.2, 0) is 4.79 Å². The van der Waals surface area contributed by atoms with Gasteiger partial charge in [-0.2, -0.15) is 0 Å². The number of piperidine rings is 1. The summed E-state index contributed by atoms with van der Waals surface area (Å²) in [6, 6.07) is 6.41. The zero-order chi connectivity index (χ0) is 13.1. The Labute approximate surface area is 116 Å². The first-order valence-electron chi connectivity index (χ1n) is 6.36. The minimum atomic E-state index is 0.119. The van der Waals surface area contributed by atoms with E-state index in [9.17, 15) is 4.79 Å². The number of benzene rings is 1. The van der Waals surface area contributed by atoms with Crippen LogP contribution in [0.15, 0.2) is 22.7 Å². The number of carbonyl (C=O) groups is 1. The SMILES string of the molecule is Cc1ccc(Br)c(NC(=O)C2CCNC(C)C2)c1. The average molecular weight is 311 g/mol. The number of halogens is 1. The lowest BCUT2D eigenvalue weighted by atomic mass is 9.92. The van der Waals surface area contributed by atoms with Crippen LogP contribution in [0.5, 0.6) is 0 Å². The molecule has 1 aliphatic heterocycles. The Morgan fingerprint density at radius 3 is 3.00 bits per heavy atom. The molecule has 2 unspecified atom stereocenters. The molecule has 2 N–H and O–H groups in total. The highest BCUT2D eigenvalue weighted by atomic mass is 79.9. The third-order valence-corrected chi connectivity index (χ3v) is 4.07. The molecule has 4 heteroatoms. The van der Waals surface area contributed by atoms with Crippen molar-refractivity contribution in [1.29, 1.82) is 0 Å². The van der Waals surface area contributed by atoms with Gasteiger partial charge in [0.15, 0.2) is 0 Å². The van der Waals surface area contributed by atoms with E-state index in [2.05, 4.69) is 33.5 Å².